The number of hydrogen-bond donors (Lipinski definition) is 1. The molecule has 1 saturated carbocycles. The average molecular weight is 199 g/mol. The van der Waals surface area contributed by atoms with E-state index in [-0.39, 0.29) is 0 Å². The molecular formula is C12H22FN. The molecule has 82 valence electrons. The monoisotopic (exact) mass is 199 g/mol. The number of hydrogen-bond acceptors (Lipinski definition) is 1. The van der Waals surface area contributed by atoms with Crippen LogP contribution in [0, 0.1) is 11.8 Å². The maximum absolute atomic E-state index is 14.1. The highest BCUT2D eigenvalue weighted by Gasteiger charge is 2.30. The van der Waals surface area contributed by atoms with Gasteiger partial charge in [-0.1, -0.05) is 19.3 Å². The number of rotatable bonds is 2. The molecule has 2 aliphatic rings. The van der Waals surface area contributed by atoms with Crippen molar-refractivity contribution in [2.75, 3.05) is 13.1 Å². The lowest BCUT2D eigenvalue weighted by Crippen LogP contribution is -2.36. The lowest BCUT2D eigenvalue weighted by molar-refractivity contribution is 0.0995. The van der Waals surface area contributed by atoms with Crippen LogP contribution < -0.4 is 5.32 Å². The SMILES string of the molecule is FC(C1CCCCC1)C1CCNCC1. The van der Waals surface area contributed by atoms with Gasteiger partial charge in [-0.3, -0.25) is 0 Å². The van der Waals surface area contributed by atoms with Gasteiger partial charge in [0.05, 0.1) is 0 Å². The highest BCUT2D eigenvalue weighted by Crippen LogP contribution is 2.34. The Morgan fingerprint density at radius 3 is 2.07 bits per heavy atom. The Morgan fingerprint density at radius 1 is 0.857 bits per heavy atom. The molecule has 1 aliphatic heterocycles. The Hall–Kier alpha value is -0.110. The summed E-state index contributed by atoms with van der Waals surface area (Å²) in [5.41, 5.74) is 0. The summed E-state index contributed by atoms with van der Waals surface area (Å²) >= 11 is 0. The topological polar surface area (TPSA) is 12.0 Å². The molecule has 1 atom stereocenters. The highest BCUT2D eigenvalue weighted by atomic mass is 19.1. The zero-order valence-corrected chi connectivity index (χ0v) is 8.97. The number of alkyl halides is 1. The Kier molecular flexibility index (Phi) is 3.80. The fourth-order valence-corrected chi connectivity index (χ4v) is 3.00. The molecule has 1 saturated heterocycles. The molecule has 2 heteroatoms. The summed E-state index contributed by atoms with van der Waals surface area (Å²) in [6.07, 6.45) is 7.74. The van der Waals surface area contributed by atoms with E-state index in [2.05, 4.69) is 5.32 Å². The quantitative estimate of drug-likeness (QED) is 0.721. The molecule has 0 radical (unpaired) electrons. The van der Waals surface area contributed by atoms with E-state index < -0.39 is 6.17 Å². The van der Waals surface area contributed by atoms with Crippen molar-refractivity contribution in [2.45, 2.75) is 51.1 Å². The van der Waals surface area contributed by atoms with Gasteiger partial charge < -0.3 is 5.32 Å². The van der Waals surface area contributed by atoms with Crippen molar-refractivity contribution in [1.82, 2.24) is 5.32 Å². The maximum Gasteiger partial charge on any atom is 0.106 e. The Morgan fingerprint density at radius 2 is 1.43 bits per heavy atom. The third kappa shape index (κ3) is 2.47. The minimum atomic E-state index is -0.502. The zero-order chi connectivity index (χ0) is 9.80. The number of halogens is 1. The van der Waals surface area contributed by atoms with Crippen LogP contribution in [0.15, 0.2) is 0 Å². The van der Waals surface area contributed by atoms with Crippen LogP contribution in [0.3, 0.4) is 0 Å². The van der Waals surface area contributed by atoms with Gasteiger partial charge in [0.2, 0.25) is 0 Å². The van der Waals surface area contributed by atoms with Crippen LogP contribution in [-0.4, -0.2) is 19.3 Å². The molecule has 14 heavy (non-hydrogen) atoms. The minimum Gasteiger partial charge on any atom is -0.317 e. The molecule has 0 aromatic carbocycles. The second-order valence-electron chi connectivity index (χ2n) is 4.93. The molecule has 0 aromatic heterocycles. The minimum absolute atomic E-state index is 0.361. The van der Waals surface area contributed by atoms with Gasteiger partial charge in [-0.15, -0.1) is 0 Å². The number of piperidine rings is 1. The fourth-order valence-electron chi connectivity index (χ4n) is 3.00. The van der Waals surface area contributed by atoms with Gasteiger partial charge in [-0.25, -0.2) is 4.39 Å². The molecule has 1 unspecified atom stereocenters. The maximum atomic E-state index is 14.1. The van der Waals surface area contributed by atoms with Gasteiger partial charge in [0.25, 0.3) is 0 Å². The summed E-state index contributed by atoms with van der Waals surface area (Å²) < 4.78 is 14.1. The molecule has 2 fully saturated rings. The van der Waals surface area contributed by atoms with Crippen molar-refractivity contribution in [3.8, 4) is 0 Å². The third-order valence-corrected chi connectivity index (χ3v) is 3.93. The van der Waals surface area contributed by atoms with Gasteiger partial charge in [-0.2, -0.15) is 0 Å². The van der Waals surface area contributed by atoms with Crippen molar-refractivity contribution in [3.05, 3.63) is 0 Å². The van der Waals surface area contributed by atoms with Gasteiger partial charge >= 0.3 is 0 Å². The standard InChI is InChI=1S/C12H22FN/c13-12(10-4-2-1-3-5-10)11-6-8-14-9-7-11/h10-12,14H,1-9H2. The molecule has 1 heterocycles. The average Bonchev–Trinajstić information content (AvgIpc) is 2.30. The van der Waals surface area contributed by atoms with Crippen molar-refractivity contribution in [3.63, 3.8) is 0 Å². The number of nitrogens with one attached hydrogen (secondary N) is 1. The first-order valence-electron chi connectivity index (χ1n) is 6.22. The van der Waals surface area contributed by atoms with E-state index in [1.165, 1.54) is 19.3 Å². The summed E-state index contributed by atoms with van der Waals surface area (Å²) in [7, 11) is 0. The molecular weight excluding hydrogens is 177 g/mol. The first-order valence-corrected chi connectivity index (χ1v) is 6.22. The second-order valence-corrected chi connectivity index (χ2v) is 4.93. The summed E-state index contributed by atoms with van der Waals surface area (Å²) in [6.45, 7) is 2.05. The van der Waals surface area contributed by atoms with Crippen LogP contribution in [-0.2, 0) is 0 Å². The molecule has 1 nitrogen and oxygen atoms in total. The van der Waals surface area contributed by atoms with E-state index in [0.29, 0.717) is 11.8 Å². The van der Waals surface area contributed by atoms with E-state index in [9.17, 15) is 4.39 Å². The molecule has 1 aliphatic carbocycles. The van der Waals surface area contributed by atoms with Gasteiger partial charge in [0, 0.05) is 0 Å². The highest BCUT2D eigenvalue weighted by molar-refractivity contribution is 4.82. The van der Waals surface area contributed by atoms with Crippen LogP contribution in [0.2, 0.25) is 0 Å². The summed E-state index contributed by atoms with van der Waals surface area (Å²) in [5.74, 6) is 0.756. The van der Waals surface area contributed by atoms with Crippen LogP contribution in [0.25, 0.3) is 0 Å². The van der Waals surface area contributed by atoms with Crippen molar-refractivity contribution < 1.29 is 4.39 Å². The van der Waals surface area contributed by atoms with Crippen molar-refractivity contribution >= 4 is 0 Å². The summed E-state index contributed by atoms with van der Waals surface area (Å²) in [4.78, 5) is 0. The molecule has 0 aromatic rings. The Balaban J connectivity index is 1.82. The summed E-state index contributed by atoms with van der Waals surface area (Å²) in [5, 5.41) is 3.31. The Bertz CT molecular complexity index is 142. The van der Waals surface area contributed by atoms with E-state index in [1.54, 1.807) is 0 Å². The van der Waals surface area contributed by atoms with E-state index in [0.717, 1.165) is 38.8 Å². The predicted octanol–water partition coefficient (Wildman–Crippen LogP) is 2.90. The van der Waals surface area contributed by atoms with Crippen LogP contribution in [0.4, 0.5) is 4.39 Å². The Labute approximate surface area is 86.5 Å². The second kappa shape index (κ2) is 5.11. The zero-order valence-electron chi connectivity index (χ0n) is 8.97. The predicted molar refractivity (Wildman–Crippen MR) is 57.1 cm³/mol. The van der Waals surface area contributed by atoms with Gasteiger partial charge in [0.1, 0.15) is 6.17 Å². The largest absolute Gasteiger partial charge is 0.317 e. The van der Waals surface area contributed by atoms with Gasteiger partial charge in [0.15, 0.2) is 0 Å². The molecule has 0 bridgehead atoms. The molecule has 0 amide bonds. The normalized spacial score (nSPS) is 28.9. The van der Waals surface area contributed by atoms with Crippen molar-refractivity contribution in [1.29, 1.82) is 0 Å². The van der Waals surface area contributed by atoms with Crippen molar-refractivity contribution in [2.24, 2.45) is 11.8 Å². The smallest absolute Gasteiger partial charge is 0.106 e. The third-order valence-electron chi connectivity index (χ3n) is 3.93. The van der Waals surface area contributed by atoms with Crippen LogP contribution in [0.1, 0.15) is 44.9 Å². The van der Waals surface area contributed by atoms with E-state index in [1.807, 2.05) is 0 Å². The van der Waals surface area contributed by atoms with E-state index >= 15 is 0 Å². The lowest BCUT2D eigenvalue weighted by atomic mass is 9.78. The van der Waals surface area contributed by atoms with Crippen LogP contribution in [0.5, 0.6) is 0 Å². The molecule has 1 N–H and O–H groups in total. The fraction of sp³-hybridized carbons (Fsp3) is 1.00. The lowest BCUT2D eigenvalue weighted by Gasteiger charge is -2.32. The van der Waals surface area contributed by atoms with E-state index in [4.69, 9.17) is 0 Å². The molecule has 2 rings (SSSR count). The molecule has 0 spiro atoms. The first-order chi connectivity index (χ1) is 6.88. The van der Waals surface area contributed by atoms with Gasteiger partial charge in [-0.05, 0) is 50.6 Å². The summed E-state index contributed by atoms with van der Waals surface area (Å²) in [6, 6.07) is 0. The van der Waals surface area contributed by atoms with Crippen LogP contribution >= 0.6 is 0 Å². The first kappa shape index (κ1) is 10.4.